The number of rotatable bonds is 3. The summed E-state index contributed by atoms with van der Waals surface area (Å²) in [6.07, 6.45) is 0. The lowest BCUT2D eigenvalue weighted by atomic mass is 9.86. The van der Waals surface area contributed by atoms with E-state index in [-0.39, 0.29) is 10.6 Å². The molecule has 0 unspecified atom stereocenters. The van der Waals surface area contributed by atoms with Crippen molar-refractivity contribution in [1.29, 1.82) is 0 Å². The Labute approximate surface area is 115 Å². The molecule has 2 N–H and O–H groups in total. The van der Waals surface area contributed by atoms with Gasteiger partial charge in [-0.25, -0.2) is 9.18 Å². The zero-order valence-electron chi connectivity index (χ0n) is 10.8. The molecule has 1 rings (SSSR count). The van der Waals surface area contributed by atoms with Crippen LogP contribution >= 0.6 is 11.6 Å². The molecule has 0 heterocycles. The lowest BCUT2D eigenvalue weighted by Crippen LogP contribution is -2.49. The number of hydrogen-bond acceptors (Lipinski definition) is 2. The van der Waals surface area contributed by atoms with Gasteiger partial charge in [0.25, 0.3) is 5.91 Å². The molecule has 0 bridgehead atoms. The van der Waals surface area contributed by atoms with E-state index in [2.05, 4.69) is 5.32 Å². The second-order valence-electron chi connectivity index (χ2n) is 5.23. The van der Waals surface area contributed by atoms with Gasteiger partial charge in [-0.05, 0) is 23.6 Å². The highest BCUT2D eigenvalue weighted by atomic mass is 35.5. The summed E-state index contributed by atoms with van der Waals surface area (Å²) >= 11 is 5.58. The third-order valence-corrected chi connectivity index (χ3v) is 2.80. The van der Waals surface area contributed by atoms with Gasteiger partial charge in [0, 0.05) is 5.02 Å². The Balaban J connectivity index is 2.98. The molecule has 0 aliphatic rings. The second-order valence-corrected chi connectivity index (χ2v) is 5.67. The molecule has 0 aliphatic carbocycles. The number of carbonyl (C=O) groups is 2. The number of carboxylic acid groups (broad SMARTS) is 1. The number of nitrogens with one attached hydrogen (secondary N) is 1. The van der Waals surface area contributed by atoms with Gasteiger partial charge in [0.15, 0.2) is 0 Å². The molecule has 0 aliphatic heterocycles. The Bertz CT molecular complexity index is 511. The summed E-state index contributed by atoms with van der Waals surface area (Å²) in [5.74, 6) is -2.74. The van der Waals surface area contributed by atoms with Gasteiger partial charge in [0.05, 0.1) is 5.56 Å². The fraction of sp³-hybridized carbons (Fsp3) is 0.385. The summed E-state index contributed by atoms with van der Waals surface area (Å²) in [5, 5.41) is 11.6. The van der Waals surface area contributed by atoms with E-state index in [0.717, 1.165) is 6.07 Å². The van der Waals surface area contributed by atoms with Crippen molar-refractivity contribution < 1.29 is 19.1 Å². The summed E-state index contributed by atoms with van der Waals surface area (Å²) in [4.78, 5) is 23.0. The third kappa shape index (κ3) is 3.92. The van der Waals surface area contributed by atoms with Crippen molar-refractivity contribution in [2.75, 3.05) is 0 Å². The molecule has 1 amide bonds. The Morgan fingerprint density at radius 3 is 2.37 bits per heavy atom. The van der Waals surface area contributed by atoms with Crippen LogP contribution in [0.1, 0.15) is 31.1 Å². The van der Waals surface area contributed by atoms with E-state index in [1.54, 1.807) is 20.8 Å². The predicted octanol–water partition coefficient (Wildman–Crippen LogP) is 2.71. The molecule has 0 radical (unpaired) electrons. The fourth-order valence-corrected chi connectivity index (χ4v) is 1.69. The van der Waals surface area contributed by atoms with Crippen LogP contribution in [0.3, 0.4) is 0 Å². The van der Waals surface area contributed by atoms with Crippen LogP contribution in [0.15, 0.2) is 18.2 Å². The van der Waals surface area contributed by atoms with E-state index in [1.807, 2.05) is 0 Å². The summed E-state index contributed by atoms with van der Waals surface area (Å²) in [6.45, 7) is 5.01. The molecule has 0 saturated carbocycles. The largest absolute Gasteiger partial charge is 0.480 e. The van der Waals surface area contributed by atoms with E-state index in [9.17, 15) is 14.0 Å². The van der Waals surface area contributed by atoms with E-state index in [1.165, 1.54) is 12.1 Å². The zero-order chi connectivity index (χ0) is 14.8. The third-order valence-electron chi connectivity index (χ3n) is 2.56. The van der Waals surface area contributed by atoms with E-state index >= 15 is 0 Å². The van der Waals surface area contributed by atoms with Gasteiger partial charge in [0.2, 0.25) is 0 Å². The lowest BCUT2D eigenvalue weighted by molar-refractivity contribution is -0.142. The van der Waals surface area contributed by atoms with Crippen molar-refractivity contribution in [2.45, 2.75) is 26.8 Å². The first-order chi connectivity index (χ1) is 8.62. The van der Waals surface area contributed by atoms with Crippen LogP contribution in [0.4, 0.5) is 4.39 Å². The van der Waals surface area contributed by atoms with Crippen molar-refractivity contribution >= 4 is 23.5 Å². The van der Waals surface area contributed by atoms with E-state index in [4.69, 9.17) is 16.7 Å². The van der Waals surface area contributed by atoms with E-state index < -0.39 is 29.2 Å². The van der Waals surface area contributed by atoms with Crippen molar-refractivity contribution in [2.24, 2.45) is 5.41 Å². The first-order valence-corrected chi connectivity index (χ1v) is 5.99. The minimum absolute atomic E-state index is 0.166. The first-order valence-electron chi connectivity index (χ1n) is 5.61. The highest BCUT2D eigenvalue weighted by molar-refractivity contribution is 6.30. The number of carboxylic acids is 1. The molecular formula is C13H15ClFNO3. The van der Waals surface area contributed by atoms with Gasteiger partial charge in [-0.2, -0.15) is 0 Å². The maximum Gasteiger partial charge on any atom is 0.326 e. The van der Waals surface area contributed by atoms with Crippen molar-refractivity contribution in [3.63, 3.8) is 0 Å². The molecule has 104 valence electrons. The molecule has 0 saturated heterocycles. The van der Waals surface area contributed by atoms with Crippen molar-refractivity contribution in [3.8, 4) is 0 Å². The number of amides is 1. The minimum Gasteiger partial charge on any atom is -0.480 e. The molecule has 1 aromatic carbocycles. The van der Waals surface area contributed by atoms with Crippen LogP contribution in [0, 0.1) is 11.2 Å². The van der Waals surface area contributed by atoms with Crippen molar-refractivity contribution in [3.05, 3.63) is 34.6 Å². The van der Waals surface area contributed by atoms with Crippen LogP contribution < -0.4 is 5.32 Å². The summed E-state index contributed by atoms with van der Waals surface area (Å²) in [5.41, 5.74) is -0.926. The van der Waals surface area contributed by atoms with Crippen molar-refractivity contribution in [1.82, 2.24) is 5.32 Å². The molecule has 19 heavy (non-hydrogen) atoms. The van der Waals surface area contributed by atoms with Gasteiger partial charge < -0.3 is 10.4 Å². The summed E-state index contributed by atoms with van der Waals surface area (Å²) < 4.78 is 13.6. The molecule has 1 atom stereocenters. The standard InChI is InChI=1S/C13H15ClFNO3/c1-13(2,3)10(12(18)19)16-11(17)8-5-4-7(14)6-9(8)15/h4-6,10H,1-3H3,(H,16,17)(H,18,19)/t10-/m1/s1. The molecule has 0 fully saturated rings. The summed E-state index contributed by atoms with van der Waals surface area (Å²) in [7, 11) is 0. The molecule has 6 heteroatoms. The van der Waals surface area contributed by atoms with Gasteiger partial charge in [0.1, 0.15) is 11.9 Å². The quantitative estimate of drug-likeness (QED) is 0.898. The molecule has 0 spiro atoms. The monoisotopic (exact) mass is 287 g/mol. The van der Waals surface area contributed by atoms with E-state index in [0.29, 0.717) is 0 Å². The number of aliphatic carboxylic acids is 1. The van der Waals surface area contributed by atoms with Gasteiger partial charge in [-0.15, -0.1) is 0 Å². The maximum absolute atomic E-state index is 13.6. The molecule has 4 nitrogen and oxygen atoms in total. The number of benzene rings is 1. The second kappa shape index (κ2) is 5.57. The van der Waals surface area contributed by atoms with Gasteiger partial charge in [-0.3, -0.25) is 4.79 Å². The minimum atomic E-state index is -1.17. The smallest absolute Gasteiger partial charge is 0.326 e. The Kier molecular flexibility index (Phi) is 4.52. The topological polar surface area (TPSA) is 66.4 Å². The zero-order valence-corrected chi connectivity index (χ0v) is 11.6. The Morgan fingerprint density at radius 1 is 1.37 bits per heavy atom. The van der Waals surface area contributed by atoms with Crippen LogP contribution in [-0.2, 0) is 4.79 Å². The highest BCUT2D eigenvalue weighted by Gasteiger charge is 2.33. The highest BCUT2D eigenvalue weighted by Crippen LogP contribution is 2.21. The maximum atomic E-state index is 13.6. The number of halogens is 2. The SMILES string of the molecule is CC(C)(C)[C@H](NC(=O)c1ccc(Cl)cc1F)C(=O)O. The number of carbonyl (C=O) groups excluding carboxylic acids is 1. The molecular weight excluding hydrogens is 273 g/mol. The predicted molar refractivity (Wildman–Crippen MR) is 69.8 cm³/mol. The van der Waals surface area contributed by atoms with Crippen LogP contribution in [0.25, 0.3) is 0 Å². The average Bonchev–Trinajstić information content (AvgIpc) is 2.23. The normalized spacial score (nSPS) is 12.9. The summed E-state index contributed by atoms with van der Waals surface area (Å²) in [6, 6.07) is 2.47. The first kappa shape index (κ1) is 15.4. The average molecular weight is 288 g/mol. The number of hydrogen-bond donors (Lipinski definition) is 2. The molecule has 0 aromatic heterocycles. The Morgan fingerprint density at radius 2 is 1.95 bits per heavy atom. The van der Waals surface area contributed by atoms with Crippen LogP contribution in [-0.4, -0.2) is 23.0 Å². The fourth-order valence-electron chi connectivity index (χ4n) is 1.53. The molecule has 1 aromatic rings. The van der Waals surface area contributed by atoms with Crippen LogP contribution in [0.2, 0.25) is 5.02 Å². The lowest BCUT2D eigenvalue weighted by Gasteiger charge is -2.27. The van der Waals surface area contributed by atoms with Crippen LogP contribution in [0.5, 0.6) is 0 Å². The Hall–Kier alpha value is -1.62. The van der Waals surface area contributed by atoms with Gasteiger partial charge >= 0.3 is 5.97 Å². The van der Waals surface area contributed by atoms with Gasteiger partial charge in [-0.1, -0.05) is 32.4 Å².